The third-order valence-electron chi connectivity index (χ3n) is 3.99. The molecule has 1 saturated heterocycles. The van der Waals surface area contributed by atoms with E-state index in [1.165, 1.54) is 4.31 Å². The Hall–Kier alpha value is -1.05. The van der Waals surface area contributed by atoms with E-state index in [1.54, 1.807) is 0 Å². The molecule has 118 valence electrons. The molecule has 1 atom stereocenters. The molecular formula is C14H19F2NO3S. The molecule has 1 N–H and O–H groups in total. The zero-order valence-electron chi connectivity index (χ0n) is 12.0. The summed E-state index contributed by atoms with van der Waals surface area (Å²) in [6, 6.07) is 1.80. The van der Waals surface area contributed by atoms with Crippen LogP contribution in [0.5, 0.6) is 0 Å². The number of benzene rings is 1. The van der Waals surface area contributed by atoms with Crippen LogP contribution in [0.25, 0.3) is 0 Å². The molecule has 1 aliphatic rings. The van der Waals surface area contributed by atoms with Crippen LogP contribution in [-0.4, -0.2) is 30.9 Å². The van der Waals surface area contributed by atoms with Gasteiger partial charge in [-0.25, -0.2) is 17.2 Å². The van der Waals surface area contributed by atoms with Gasteiger partial charge in [0.25, 0.3) is 0 Å². The first-order valence-corrected chi connectivity index (χ1v) is 8.30. The Morgan fingerprint density at radius 1 is 1.38 bits per heavy atom. The molecule has 1 heterocycles. The highest BCUT2D eigenvalue weighted by Crippen LogP contribution is 2.30. The molecule has 0 bridgehead atoms. The van der Waals surface area contributed by atoms with Crippen molar-refractivity contribution >= 4 is 10.0 Å². The highest BCUT2D eigenvalue weighted by molar-refractivity contribution is 7.89. The van der Waals surface area contributed by atoms with Gasteiger partial charge in [0.1, 0.15) is 4.90 Å². The minimum atomic E-state index is -4.08. The summed E-state index contributed by atoms with van der Waals surface area (Å²) in [5.41, 5.74) is 0.0343. The summed E-state index contributed by atoms with van der Waals surface area (Å²) in [7, 11) is -4.08. The third kappa shape index (κ3) is 3.09. The van der Waals surface area contributed by atoms with Gasteiger partial charge >= 0.3 is 0 Å². The summed E-state index contributed by atoms with van der Waals surface area (Å²) in [5.74, 6) is -2.11. The van der Waals surface area contributed by atoms with Gasteiger partial charge in [-0.3, -0.25) is 0 Å². The first-order valence-electron chi connectivity index (χ1n) is 6.86. The maximum Gasteiger partial charge on any atom is 0.246 e. The average Bonchev–Trinajstić information content (AvgIpc) is 2.92. The highest BCUT2D eigenvalue weighted by atomic mass is 32.2. The van der Waals surface area contributed by atoms with E-state index in [0.29, 0.717) is 25.4 Å². The van der Waals surface area contributed by atoms with E-state index in [0.717, 1.165) is 12.1 Å². The van der Waals surface area contributed by atoms with Crippen molar-refractivity contribution in [1.29, 1.82) is 0 Å². The van der Waals surface area contributed by atoms with Crippen LogP contribution in [0, 0.1) is 23.5 Å². The van der Waals surface area contributed by atoms with Crippen molar-refractivity contribution in [2.75, 3.05) is 13.1 Å². The minimum absolute atomic E-state index is 0.0343. The van der Waals surface area contributed by atoms with Crippen LogP contribution in [0.4, 0.5) is 8.78 Å². The second kappa shape index (κ2) is 5.98. The fourth-order valence-electron chi connectivity index (χ4n) is 2.55. The number of nitrogens with zero attached hydrogens (tertiary/aromatic N) is 1. The van der Waals surface area contributed by atoms with E-state index < -0.39 is 33.2 Å². The summed E-state index contributed by atoms with van der Waals surface area (Å²) in [4.78, 5) is -0.698. The lowest BCUT2D eigenvalue weighted by Crippen LogP contribution is -2.30. The zero-order valence-corrected chi connectivity index (χ0v) is 12.8. The largest absolute Gasteiger partial charge is 0.392 e. The van der Waals surface area contributed by atoms with E-state index >= 15 is 0 Å². The van der Waals surface area contributed by atoms with E-state index in [1.807, 2.05) is 13.8 Å². The lowest BCUT2D eigenvalue weighted by atomic mass is 9.96. The molecule has 1 aliphatic heterocycles. The topological polar surface area (TPSA) is 57.6 Å². The fourth-order valence-corrected chi connectivity index (χ4v) is 4.19. The fraction of sp³-hybridized carbons (Fsp3) is 0.571. The summed E-state index contributed by atoms with van der Waals surface area (Å²) in [6.07, 6.45) is 0.709. The van der Waals surface area contributed by atoms with Crippen molar-refractivity contribution in [3.8, 4) is 0 Å². The quantitative estimate of drug-likeness (QED) is 0.925. The predicted octanol–water partition coefficient (Wildman–Crippen LogP) is 2.12. The lowest BCUT2D eigenvalue weighted by Gasteiger charge is -2.19. The van der Waals surface area contributed by atoms with Crippen LogP contribution < -0.4 is 0 Å². The molecule has 4 nitrogen and oxygen atoms in total. The van der Waals surface area contributed by atoms with Gasteiger partial charge in [-0.15, -0.1) is 0 Å². The monoisotopic (exact) mass is 319 g/mol. The molecule has 21 heavy (non-hydrogen) atoms. The van der Waals surface area contributed by atoms with Gasteiger partial charge in [0, 0.05) is 13.1 Å². The Morgan fingerprint density at radius 2 is 2.05 bits per heavy atom. The smallest absolute Gasteiger partial charge is 0.246 e. The number of hydrogen-bond acceptors (Lipinski definition) is 3. The first kappa shape index (κ1) is 16.3. The Balaban J connectivity index is 2.39. The molecule has 0 aromatic heterocycles. The Kier molecular flexibility index (Phi) is 4.65. The van der Waals surface area contributed by atoms with E-state index in [9.17, 15) is 17.2 Å². The Bertz CT molecular complexity index is 631. The molecule has 0 amide bonds. The number of halogens is 2. The first-order chi connectivity index (χ1) is 9.77. The van der Waals surface area contributed by atoms with Crippen molar-refractivity contribution in [3.05, 3.63) is 29.3 Å². The summed E-state index contributed by atoms with van der Waals surface area (Å²) in [6.45, 7) is 4.08. The van der Waals surface area contributed by atoms with Crippen LogP contribution in [0.1, 0.15) is 25.8 Å². The van der Waals surface area contributed by atoms with Crippen molar-refractivity contribution in [2.45, 2.75) is 31.8 Å². The zero-order chi connectivity index (χ0) is 15.8. The summed E-state index contributed by atoms with van der Waals surface area (Å²) in [5, 5.41) is 9.03. The number of hydrogen-bond donors (Lipinski definition) is 1. The van der Waals surface area contributed by atoms with Crippen LogP contribution in [-0.2, 0) is 16.6 Å². The summed E-state index contributed by atoms with van der Waals surface area (Å²) >= 11 is 0. The average molecular weight is 319 g/mol. The van der Waals surface area contributed by atoms with Gasteiger partial charge in [-0.05, 0) is 36.0 Å². The predicted molar refractivity (Wildman–Crippen MR) is 74.0 cm³/mol. The molecule has 2 rings (SSSR count). The molecule has 0 radical (unpaired) electrons. The van der Waals surface area contributed by atoms with E-state index in [-0.39, 0.29) is 11.5 Å². The van der Waals surface area contributed by atoms with Gasteiger partial charge in [0.2, 0.25) is 10.0 Å². The highest BCUT2D eigenvalue weighted by Gasteiger charge is 2.36. The Labute approximate surface area is 123 Å². The van der Waals surface area contributed by atoms with Crippen molar-refractivity contribution in [1.82, 2.24) is 4.31 Å². The molecule has 1 unspecified atom stereocenters. The van der Waals surface area contributed by atoms with Gasteiger partial charge in [0.05, 0.1) is 6.61 Å². The van der Waals surface area contributed by atoms with Crippen LogP contribution >= 0.6 is 0 Å². The van der Waals surface area contributed by atoms with E-state index in [4.69, 9.17) is 5.11 Å². The molecular weight excluding hydrogens is 300 g/mol. The molecule has 1 aromatic carbocycles. The second-order valence-corrected chi connectivity index (χ2v) is 7.61. The van der Waals surface area contributed by atoms with Gasteiger partial charge in [-0.1, -0.05) is 13.8 Å². The van der Waals surface area contributed by atoms with Crippen molar-refractivity contribution in [3.63, 3.8) is 0 Å². The molecule has 1 aromatic rings. The molecule has 1 fully saturated rings. The van der Waals surface area contributed by atoms with Crippen molar-refractivity contribution in [2.24, 2.45) is 11.8 Å². The number of rotatable bonds is 4. The number of aliphatic hydroxyl groups excluding tert-OH is 1. The normalized spacial score (nSPS) is 20.4. The maximum atomic E-state index is 13.9. The number of aliphatic hydroxyl groups is 1. The van der Waals surface area contributed by atoms with Crippen LogP contribution in [0.3, 0.4) is 0 Å². The van der Waals surface area contributed by atoms with Crippen LogP contribution in [0.2, 0.25) is 0 Å². The SMILES string of the molecule is CC(C)C1CCN(S(=O)(=O)c2cc(CO)cc(F)c2F)C1. The minimum Gasteiger partial charge on any atom is -0.392 e. The van der Waals surface area contributed by atoms with Gasteiger partial charge in [0.15, 0.2) is 11.6 Å². The molecule has 0 spiro atoms. The molecule has 0 aliphatic carbocycles. The Morgan fingerprint density at radius 3 is 2.57 bits per heavy atom. The van der Waals surface area contributed by atoms with E-state index in [2.05, 4.69) is 0 Å². The second-order valence-electron chi connectivity index (χ2n) is 5.70. The van der Waals surface area contributed by atoms with Crippen LogP contribution in [0.15, 0.2) is 17.0 Å². The summed E-state index contributed by atoms with van der Waals surface area (Å²) < 4.78 is 53.5. The maximum absolute atomic E-state index is 13.9. The van der Waals surface area contributed by atoms with Gasteiger partial charge in [-0.2, -0.15) is 4.31 Å². The molecule has 0 saturated carbocycles. The lowest BCUT2D eigenvalue weighted by molar-refractivity contribution is 0.280. The van der Waals surface area contributed by atoms with Crippen molar-refractivity contribution < 1.29 is 22.3 Å². The molecule has 7 heteroatoms. The third-order valence-corrected chi connectivity index (χ3v) is 5.85. The van der Waals surface area contributed by atoms with Gasteiger partial charge < -0.3 is 5.11 Å². The standard InChI is InChI=1S/C14H19F2NO3S/c1-9(2)11-3-4-17(7-11)21(19,20)13-6-10(8-18)5-12(15)14(13)16/h5-6,9,11,18H,3-4,7-8H2,1-2H3. The number of sulfonamides is 1.